The van der Waals surface area contributed by atoms with Crippen LogP contribution in [0.1, 0.15) is 36.0 Å². The van der Waals surface area contributed by atoms with Crippen molar-refractivity contribution in [1.29, 1.82) is 0 Å². The SMILES string of the molecule is CC(C)c1nc(-c2ccoc2)oc1C(=O)O. The Morgan fingerprint density at radius 1 is 1.50 bits per heavy atom. The summed E-state index contributed by atoms with van der Waals surface area (Å²) in [6.07, 6.45) is 2.94. The number of hydrogen-bond donors (Lipinski definition) is 1. The number of carboxylic acids is 1. The molecule has 0 radical (unpaired) electrons. The topological polar surface area (TPSA) is 76.5 Å². The second-order valence-corrected chi connectivity index (χ2v) is 3.71. The van der Waals surface area contributed by atoms with Crippen molar-refractivity contribution in [1.82, 2.24) is 4.98 Å². The third-order valence-electron chi connectivity index (χ3n) is 2.16. The lowest BCUT2D eigenvalue weighted by Crippen LogP contribution is -2.01. The van der Waals surface area contributed by atoms with Crippen LogP contribution < -0.4 is 0 Å². The highest BCUT2D eigenvalue weighted by molar-refractivity contribution is 5.86. The van der Waals surface area contributed by atoms with Gasteiger partial charge in [0, 0.05) is 0 Å². The Bertz CT molecular complexity index is 496. The molecule has 0 aliphatic heterocycles. The summed E-state index contributed by atoms with van der Waals surface area (Å²) in [5.74, 6) is -0.942. The Kier molecular flexibility index (Phi) is 2.52. The van der Waals surface area contributed by atoms with E-state index in [2.05, 4.69) is 4.98 Å². The Hall–Kier alpha value is -2.04. The molecular formula is C11H11NO4. The number of furan rings is 1. The molecule has 16 heavy (non-hydrogen) atoms. The fraction of sp³-hybridized carbons (Fsp3) is 0.273. The van der Waals surface area contributed by atoms with E-state index < -0.39 is 5.97 Å². The maximum atomic E-state index is 11.0. The first-order chi connectivity index (χ1) is 7.59. The molecule has 5 heteroatoms. The number of hydrogen-bond acceptors (Lipinski definition) is 4. The molecule has 0 fully saturated rings. The highest BCUT2D eigenvalue weighted by Crippen LogP contribution is 2.26. The van der Waals surface area contributed by atoms with Gasteiger partial charge in [-0.15, -0.1) is 0 Å². The molecule has 2 aromatic heterocycles. The zero-order chi connectivity index (χ0) is 11.7. The van der Waals surface area contributed by atoms with Crippen LogP contribution in [-0.4, -0.2) is 16.1 Å². The lowest BCUT2D eigenvalue weighted by molar-refractivity contribution is 0.0661. The molecule has 1 N–H and O–H groups in total. The molecule has 0 aliphatic rings. The third kappa shape index (κ3) is 1.71. The highest BCUT2D eigenvalue weighted by Gasteiger charge is 2.22. The Labute approximate surface area is 91.7 Å². The van der Waals surface area contributed by atoms with Crippen molar-refractivity contribution in [2.45, 2.75) is 19.8 Å². The summed E-state index contributed by atoms with van der Waals surface area (Å²) in [6.45, 7) is 3.73. The van der Waals surface area contributed by atoms with Crippen LogP contribution in [0.4, 0.5) is 0 Å². The summed E-state index contributed by atoms with van der Waals surface area (Å²) in [7, 11) is 0. The molecule has 2 heterocycles. The molecule has 84 valence electrons. The van der Waals surface area contributed by atoms with E-state index in [-0.39, 0.29) is 17.6 Å². The first kappa shape index (κ1) is 10.5. The normalized spacial score (nSPS) is 10.9. The minimum atomic E-state index is -1.11. The number of aromatic nitrogens is 1. The van der Waals surface area contributed by atoms with Gasteiger partial charge in [-0.3, -0.25) is 0 Å². The summed E-state index contributed by atoms with van der Waals surface area (Å²) in [6, 6.07) is 1.67. The van der Waals surface area contributed by atoms with E-state index in [0.717, 1.165) is 0 Å². The maximum absolute atomic E-state index is 11.0. The summed E-state index contributed by atoms with van der Waals surface area (Å²) in [5.41, 5.74) is 1.08. The molecule has 0 saturated carbocycles. The minimum absolute atomic E-state index is 0.00417. The molecule has 0 atom stereocenters. The predicted octanol–water partition coefficient (Wildman–Crippen LogP) is 2.76. The van der Waals surface area contributed by atoms with Crippen LogP contribution >= 0.6 is 0 Å². The zero-order valence-electron chi connectivity index (χ0n) is 8.93. The molecule has 0 aliphatic carbocycles. The molecule has 0 unspecified atom stereocenters. The Balaban J connectivity index is 2.51. The van der Waals surface area contributed by atoms with Gasteiger partial charge in [-0.05, 0) is 12.0 Å². The van der Waals surface area contributed by atoms with Gasteiger partial charge in [0.15, 0.2) is 0 Å². The van der Waals surface area contributed by atoms with Crippen molar-refractivity contribution in [2.75, 3.05) is 0 Å². The number of nitrogens with zero attached hydrogens (tertiary/aromatic N) is 1. The summed E-state index contributed by atoms with van der Waals surface area (Å²) >= 11 is 0. The third-order valence-corrected chi connectivity index (χ3v) is 2.16. The van der Waals surface area contributed by atoms with Crippen LogP contribution in [-0.2, 0) is 0 Å². The molecule has 0 aromatic carbocycles. The fourth-order valence-electron chi connectivity index (χ4n) is 1.39. The van der Waals surface area contributed by atoms with E-state index in [1.54, 1.807) is 6.07 Å². The van der Waals surface area contributed by atoms with Crippen LogP contribution in [0, 0.1) is 0 Å². The van der Waals surface area contributed by atoms with Crippen LogP contribution in [0.5, 0.6) is 0 Å². The quantitative estimate of drug-likeness (QED) is 0.862. The molecule has 0 saturated heterocycles. The summed E-state index contributed by atoms with van der Waals surface area (Å²) in [4.78, 5) is 15.1. The summed E-state index contributed by atoms with van der Waals surface area (Å²) < 4.78 is 10.1. The summed E-state index contributed by atoms with van der Waals surface area (Å²) in [5, 5.41) is 8.97. The largest absolute Gasteiger partial charge is 0.475 e. The maximum Gasteiger partial charge on any atom is 0.373 e. The molecular weight excluding hydrogens is 210 g/mol. The lowest BCUT2D eigenvalue weighted by atomic mass is 10.1. The van der Waals surface area contributed by atoms with Crippen LogP contribution in [0.25, 0.3) is 11.5 Å². The van der Waals surface area contributed by atoms with Crippen molar-refractivity contribution in [3.05, 3.63) is 30.0 Å². The van der Waals surface area contributed by atoms with Crippen molar-refractivity contribution in [3.8, 4) is 11.5 Å². The van der Waals surface area contributed by atoms with Crippen LogP contribution in [0.3, 0.4) is 0 Å². The second kappa shape index (κ2) is 3.84. The van der Waals surface area contributed by atoms with Gasteiger partial charge < -0.3 is 13.9 Å². The van der Waals surface area contributed by atoms with Gasteiger partial charge >= 0.3 is 5.97 Å². The standard InChI is InChI=1S/C11H11NO4/c1-6(2)8-9(11(13)14)16-10(12-8)7-3-4-15-5-7/h3-6H,1-2H3,(H,13,14). The van der Waals surface area contributed by atoms with Gasteiger partial charge in [-0.25, -0.2) is 9.78 Å². The fourth-order valence-corrected chi connectivity index (χ4v) is 1.39. The minimum Gasteiger partial charge on any atom is -0.475 e. The molecule has 0 amide bonds. The van der Waals surface area contributed by atoms with Gasteiger partial charge in [0.05, 0.1) is 17.5 Å². The Morgan fingerprint density at radius 2 is 2.25 bits per heavy atom. The number of carbonyl (C=O) groups is 1. The Morgan fingerprint density at radius 3 is 2.69 bits per heavy atom. The smallest absolute Gasteiger partial charge is 0.373 e. The van der Waals surface area contributed by atoms with Crippen molar-refractivity contribution < 1.29 is 18.7 Å². The average Bonchev–Trinajstić information content (AvgIpc) is 2.86. The monoisotopic (exact) mass is 221 g/mol. The van der Waals surface area contributed by atoms with Gasteiger partial charge in [0.25, 0.3) is 0 Å². The van der Waals surface area contributed by atoms with E-state index in [9.17, 15) is 4.79 Å². The molecule has 2 aromatic rings. The average molecular weight is 221 g/mol. The predicted molar refractivity (Wildman–Crippen MR) is 55.3 cm³/mol. The van der Waals surface area contributed by atoms with E-state index in [0.29, 0.717) is 11.3 Å². The van der Waals surface area contributed by atoms with Crippen molar-refractivity contribution in [3.63, 3.8) is 0 Å². The first-order valence-electron chi connectivity index (χ1n) is 4.86. The van der Waals surface area contributed by atoms with Gasteiger partial charge in [0.1, 0.15) is 6.26 Å². The molecule has 5 nitrogen and oxygen atoms in total. The molecule has 2 rings (SSSR count). The van der Waals surface area contributed by atoms with E-state index >= 15 is 0 Å². The zero-order valence-corrected chi connectivity index (χ0v) is 8.93. The number of rotatable bonds is 3. The van der Waals surface area contributed by atoms with Crippen molar-refractivity contribution >= 4 is 5.97 Å². The number of carboxylic acid groups (broad SMARTS) is 1. The van der Waals surface area contributed by atoms with E-state index in [4.69, 9.17) is 13.9 Å². The van der Waals surface area contributed by atoms with E-state index in [1.165, 1.54) is 12.5 Å². The number of oxazole rings is 1. The van der Waals surface area contributed by atoms with Crippen LogP contribution in [0.15, 0.2) is 27.4 Å². The second-order valence-electron chi connectivity index (χ2n) is 3.71. The lowest BCUT2D eigenvalue weighted by Gasteiger charge is -1.98. The van der Waals surface area contributed by atoms with E-state index in [1.807, 2.05) is 13.8 Å². The highest BCUT2D eigenvalue weighted by atomic mass is 16.4. The van der Waals surface area contributed by atoms with Gasteiger partial charge in [-0.2, -0.15) is 0 Å². The molecule has 0 bridgehead atoms. The van der Waals surface area contributed by atoms with Crippen LogP contribution in [0.2, 0.25) is 0 Å². The van der Waals surface area contributed by atoms with Gasteiger partial charge in [-0.1, -0.05) is 13.8 Å². The van der Waals surface area contributed by atoms with Crippen molar-refractivity contribution in [2.24, 2.45) is 0 Å². The number of aromatic carboxylic acids is 1. The first-order valence-corrected chi connectivity index (χ1v) is 4.86. The van der Waals surface area contributed by atoms with Gasteiger partial charge in [0.2, 0.25) is 11.7 Å². The molecule has 0 spiro atoms.